The highest BCUT2D eigenvalue weighted by atomic mass is 32.1. The summed E-state index contributed by atoms with van der Waals surface area (Å²) in [6.07, 6.45) is 2.67. The van der Waals surface area contributed by atoms with Crippen molar-refractivity contribution in [3.05, 3.63) is 59.5 Å². The molecular formula is C23H24N4OS. The quantitative estimate of drug-likeness (QED) is 0.649. The topological polar surface area (TPSA) is 49.3 Å². The molecule has 0 aliphatic carbocycles. The molecule has 1 fully saturated rings. The van der Waals surface area contributed by atoms with Crippen molar-refractivity contribution >= 4 is 28.7 Å². The number of para-hydroxylation sites is 1. The molecule has 6 heteroatoms. The predicted octanol–water partition coefficient (Wildman–Crippen LogP) is 4.40. The zero-order chi connectivity index (χ0) is 19.8. The van der Waals surface area contributed by atoms with E-state index >= 15 is 0 Å². The maximum absolute atomic E-state index is 13.3. The van der Waals surface area contributed by atoms with Crippen molar-refractivity contribution in [2.45, 2.75) is 32.2 Å². The van der Waals surface area contributed by atoms with E-state index in [2.05, 4.69) is 46.3 Å². The van der Waals surface area contributed by atoms with Crippen LogP contribution >= 0.6 is 11.3 Å². The van der Waals surface area contributed by atoms with Crippen LogP contribution in [0.3, 0.4) is 0 Å². The highest BCUT2D eigenvalue weighted by molar-refractivity contribution is 7.13. The van der Waals surface area contributed by atoms with Gasteiger partial charge in [0.15, 0.2) is 5.82 Å². The smallest absolute Gasteiger partial charge is 0.230 e. The number of hydrogen-bond donors (Lipinski definition) is 0. The first-order valence-electron chi connectivity index (χ1n) is 10.2. The van der Waals surface area contributed by atoms with Crippen LogP contribution < -0.4 is 9.80 Å². The van der Waals surface area contributed by atoms with Gasteiger partial charge >= 0.3 is 0 Å². The van der Waals surface area contributed by atoms with Crippen LogP contribution in [0.1, 0.15) is 25.3 Å². The Kier molecular flexibility index (Phi) is 4.79. The summed E-state index contributed by atoms with van der Waals surface area (Å²) >= 11 is 1.67. The molecule has 3 aromatic rings. The Labute approximate surface area is 175 Å². The van der Waals surface area contributed by atoms with Crippen molar-refractivity contribution < 1.29 is 4.79 Å². The van der Waals surface area contributed by atoms with Crippen molar-refractivity contribution in [3.8, 4) is 10.6 Å². The van der Waals surface area contributed by atoms with Crippen LogP contribution in [-0.4, -0.2) is 35.2 Å². The normalized spacial score (nSPS) is 19.4. The van der Waals surface area contributed by atoms with Crippen LogP contribution in [0.5, 0.6) is 0 Å². The molecule has 2 aliphatic rings. The Morgan fingerprint density at radius 2 is 1.86 bits per heavy atom. The van der Waals surface area contributed by atoms with E-state index < -0.39 is 0 Å². The number of piperidine rings is 1. The van der Waals surface area contributed by atoms with Gasteiger partial charge < -0.3 is 9.80 Å². The molecule has 0 spiro atoms. The number of aromatic nitrogens is 2. The van der Waals surface area contributed by atoms with Gasteiger partial charge in [-0.15, -0.1) is 21.5 Å². The lowest BCUT2D eigenvalue weighted by Crippen LogP contribution is -2.45. The second-order valence-corrected chi connectivity index (χ2v) is 8.85. The maximum Gasteiger partial charge on any atom is 0.230 e. The summed E-state index contributed by atoms with van der Waals surface area (Å²) in [6.45, 7) is 3.83. The Bertz CT molecular complexity index is 994. The highest BCUT2D eigenvalue weighted by Gasteiger charge is 2.36. The fourth-order valence-corrected chi connectivity index (χ4v) is 5.19. The number of anilines is 2. The van der Waals surface area contributed by atoms with E-state index in [0.29, 0.717) is 0 Å². The SMILES string of the molecule is C[C@H]1Cc2ccccc2N1C(=O)C1CCN(c2ccc(-c3cccs3)nn2)CC1. The van der Waals surface area contributed by atoms with Crippen molar-refractivity contribution in [1.82, 2.24) is 10.2 Å². The lowest BCUT2D eigenvalue weighted by molar-refractivity contribution is -0.123. The molecule has 0 radical (unpaired) electrons. The van der Waals surface area contributed by atoms with Crippen molar-refractivity contribution in [2.24, 2.45) is 5.92 Å². The second-order valence-electron chi connectivity index (χ2n) is 7.91. The number of thiophene rings is 1. The third-order valence-corrected chi connectivity index (χ3v) is 6.93. The van der Waals surface area contributed by atoms with Crippen molar-refractivity contribution in [1.29, 1.82) is 0 Å². The average molecular weight is 405 g/mol. The van der Waals surface area contributed by atoms with Gasteiger partial charge in [-0.1, -0.05) is 24.3 Å². The summed E-state index contributed by atoms with van der Waals surface area (Å²) < 4.78 is 0. The molecule has 0 N–H and O–H groups in total. The van der Waals surface area contributed by atoms with Crippen LogP contribution in [0.2, 0.25) is 0 Å². The summed E-state index contributed by atoms with van der Waals surface area (Å²) in [5.74, 6) is 1.26. The Morgan fingerprint density at radius 1 is 1.03 bits per heavy atom. The molecule has 1 atom stereocenters. The van der Waals surface area contributed by atoms with E-state index in [1.807, 2.05) is 34.5 Å². The lowest BCUT2D eigenvalue weighted by Gasteiger charge is -2.35. The molecule has 0 unspecified atom stereocenters. The molecule has 5 nitrogen and oxygen atoms in total. The van der Waals surface area contributed by atoms with Crippen LogP contribution in [0, 0.1) is 5.92 Å². The van der Waals surface area contributed by atoms with E-state index in [9.17, 15) is 4.79 Å². The first-order valence-corrected chi connectivity index (χ1v) is 11.1. The van der Waals surface area contributed by atoms with Gasteiger partial charge in [0.2, 0.25) is 5.91 Å². The van der Waals surface area contributed by atoms with Gasteiger partial charge in [0.1, 0.15) is 5.69 Å². The van der Waals surface area contributed by atoms with E-state index in [4.69, 9.17) is 0 Å². The number of rotatable bonds is 3. The molecule has 0 bridgehead atoms. The molecule has 2 aromatic heterocycles. The number of benzene rings is 1. The third-order valence-electron chi connectivity index (χ3n) is 6.04. The van der Waals surface area contributed by atoms with Gasteiger partial charge in [0.25, 0.3) is 0 Å². The van der Waals surface area contributed by atoms with Gasteiger partial charge in [-0.3, -0.25) is 4.79 Å². The maximum atomic E-state index is 13.3. The van der Waals surface area contributed by atoms with E-state index in [0.717, 1.165) is 54.4 Å². The molecule has 148 valence electrons. The molecule has 2 aliphatic heterocycles. The van der Waals surface area contributed by atoms with Crippen molar-refractivity contribution in [2.75, 3.05) is 22.9 Å². The zero-order valence-corrected chi connectivity index (χ0v) is 17.3. The number of amides is 1. The number of hydrogen-bond acceptors (Lipinski definition) is 5. The Hall–Kier alpha value is -2.73. The molecule has 4 heterocycles. The minimum absolute atomic E-state index is 0.0817. The monoisotopic (exact) mass is 404 g/mol. The average Bonchev–Trinajstić information content (AvgIpc) is 3.41. The predicted molar refractivity (Wildman–Crippen MR) is 117 cm³/mol. The van der Waals surface area contributed by atoms with Gasteiger partial charge in [-0.25, -0.2) is 0 Å². The van der Waals surface area contributed by atoms with Crippen LogP contribution in [0.25, 0.3) is 10.6 Å². The van der Waals surface area contributed by atoms with Crippen LogP contribution in [0.15, 0.2) is 53.9 Å². The van der Waals surface area contributed by atoms with Gasteiger partial charge in [0, 0.05) is 30.7 Å². The fourth-order valence-electron chi connectivity index (χ4n) is 4.50. The van der Waals surface area contributed by atoms with Gasteiger partial charge in [0.05, 0.1) is 4.88 Å². The lowest BCUT2D eigenvalue weighted by atomic mass is 9.94. The minimum atomic E-state index is 0.0817. The van der Waals surface area contributed by atoms with Crippen molar-refractivity contribution in [3.63, 3.8) is 0 Å². The third kappa shape index (κ3) is 3.42. The van der Waals surface area contributed by atoms with Crippen LogP contribution in [0.4, 0.5) is 11.5 Å². The number of nitrogens with zero attached hydrogens (tertiary/aromatic N) is 4. The van der Waals surface area contributed by atoms with E-state index in [1.54, 1.807) is 11.3 Å². The summed E-state index contributed by atoms with van der Waals surface area (Å²) in [4.78, 5) is 18.7. The molecule has 5 rings (SSSR count). The molecule has 0 saturated carbocycles. The summed E-state index contributed by atoms with van der Waals surface area (Å²) in [5.41, 5.74) is 3.30. The Balaban J connectivity index is 1.24. The molecule has 1 aromatic carbocycles. The van der Waals surface area contributed by atoms with Gasteiger partial charge in [-0.05, 0) is 61.4 Å². The number of carbonyl (C=O) groups is 1. The number of fused-ring (bicyclic) bond motifs is 1. The summed E-state index contributed by atoms with van der Waals surface area (Å²) in [5, 5.41) is 10.9. The Morgan fingerprint density at radius 3 is 2.59 bits per heavy atom. The standard InChI is InChI=1S/C23H24N4OS/c1-16-15-18-5-2-3-6-20(18)27(16)23(28)17-10-12-26(13-11-17)22-9-8-19(24-25-22)21-7-4-14-29-21/h2-9,14,16-17H,10-13,15H2,1H3/t16-/m0/s1. The summed E-state index contributed by atoms with van der Waals surface area (Å²) in [6, 6.07) is 16.7. The largest absolute Gasteiger partial charge is 0.355 e. The van der Waals surface area contributed by atoms with Gasteiger partial charge in [-0.2, -0.15) is 0 Å². The highest BCUT2D eigenvalue weighted by Crippen LogP contribution is 2.35. The first-order chi connectivity index (χ1) is 14.2. The molecule has 1 saturated heterocycles. The fraction of sp³-hybridized carbons (Fsp3) is 0.348. The first kappa shape index (κ1) is 18.3. The number of carbonyl (C=O) groups excluding carboxylic acids is 1. The molecule has 1 amide bonds. The van der Waals surface area contributed by atoms with Crippen LogP contribution in [-0.2, 0) is 11.2 Å². The molecular weight excluding hydrogens is 380 g/mol. The van der Waals surface area contributed by atoms with E-state index in [-0.39, 0.29) is 17.9 Å². The molecule has 29 heavy (non-hydrogen) atoms. The minimum Gasteiger partial charge on any atom is -0.355 e. The second kappa shape index (κ2) is 7.59. The van der Waals surface area contributed by atoms with E-state index in [1.165, 1.54) is 5.56 Å². The zero-order valence-electron chi connectivity index (χ0n) is 16.5. The summed E-state index contributed by atoms with van der Waals surface area (Å²) in [7, 11) is 0.